The number of ether oxygens (including phenoxy) is 1. The average molecular weight is 348 g/mol. The largest absolute Gasteiger partial charge is 0.480 e. The summed E-state index contributed by atoms with van der Waals surface area (Å²) in [6, 6.07) is 3.02. The molecule has 3 N–H and O–H groups in total. The summed E-state index contributed by atoms with van der Waals surface area (Å²) < 4.78 is 42.9. The zero-order valence-corrected chi connectivity index (χ0v) is 12.2. The van der Waals surface area contributed by atoms with E-state index in [0.717, 1.165) is 19.2 Å². The molecule has 0 spiro atoms. The van der Waals surface area contributed by atoms with Crippen molar-refractivity contribution < 1.29 is 27.8 Å². The Morgan fingerprint density at radius 3 is 2.52 bits per heavy atom. The van der Waals surface area contributed by atoms with Crippen molar-refractivity contribution >= 4 is 23.3 Å². The Hall–Kier alpha value is -2.55. The van der Waals surface area contributed by atoms with Gasteiger partial charge in [-0.3, -0.25) is 0 Å². The summed E-state index contributed by atoms with van der Waals surface area (Å²) in [4.78, 5) is 18.2. The molecule has 2 rings (SSSR count). The number of nitrogens with zero attached hydrogens (tertiary/aromatic N) is 2. The summed E-state index contributed by atoms with van der Waals surface area (Å²) in [7, 11) is 1.13. The summed E-state index contributed by atoms with van der Waals surface area (Å²) in [5.74, 6) is -1.80. The molecule has 0 aliphatic carbocycles. The van der Waals surface area contributed by atoms with E-state index in [1.165, 1.54) is 6.07 Å². The summed E-state index contributed by atoms with van der Waals surface area (Å²) >= 11 is 5.74. The van der Waals surface area contributed by atoms with Gasteiger partial charge in [0, 0.05) is 0 Å². The molecule has 0 aromatic carbocycles. The van der Waals surface area contributed by atoms with Crippen LogP contribution in [0, 0.1) is 0 Å². The van der Waals surface area contributed by atoms with E-state index in [4.69, 9.17) is 27.2 Å². The number of nitrogens with two attached hydrogens (primary N) is 1. The molecule has 0 saturated heterocycles. The van der Waals surface area contributed by atoms with E-state index < -0.39 is 23.5 Å². The van der Waals surface area contributed by atoms with Crippen LogP contribution in [0.25, 0.3) is 11.3 Å². The highest BCUT2D eigenvalue weighted by molar-refractivity contribution is 6.35. The lowest BCUT2D eigenvalue weighted by molar-refractivity contribution is -0.141. The monoisotopic (exact) mass is 347 g/mol. The number of hydrogen-bond acceptors (Lipinski definition) is 5. The fourth-order valence-electron chi connectivity index (χ4n) is 1.78. The van der Waals surface area contributed by atoms with Crippen molar-refractivity contribution in [3.63, 3.8) is 0 Å². The number of hydrogen-bond donors (Lipinski definition) is 2. The van der Waals surface area contributed by atoms with Crippen molar-refractivity contribution in [1.82, 2.24) is 9.97 Å². The Morgan fingerprint density at radius 1 is 1.35 bits per heavy atom. The van der Waals surface area contributed by atoms with Crippen molar-refractivity contribution in [2.24, 2.45) is 0 Å². The molecular formula is C13H9ClF3N3O3. The van der Waals surface area contributed by atoms with E-state index in [9.17, 15) is 18.0 Å². The summed E-state index contributed by atoms with van der Waals surface area (Å²) in [5, 5.41) is 8.78. The van der Waals surface area contributed by atoms with Gasteiger partial charge in [0.1, 0.15) is 5.69 Å². The van der Waals surface area contributed by atoms with Gasteiger partial charge in [0.15, 0.2) is 5.69 Å². The van der Waals surface area contributed by atoms with Crippen LogP contribution in [0.2, 0.25) is 5.02 Å². The molecule has 0 fully saturated rings. The molecule has 0 aliphatic heterocycles. The van der Waals surface area contributed by atoms with E-state index in [0.29, 0.717) is 0 Å². The Bertz CT molecular complexity index is 781. The number of alkyl halides is 3. The summed E-state index contributed by atoms with van der Waals surface area (Å²) in [6.07, 6.45) is -4.65. The van der Waals surface area contributed by atoms with Gasteiger partial charge < -0.3 is 15.6 Å². The molecule has 23 heavy (non-hydrogen) atoms. The summed E-state index contributed by atoms with van der Waals surface area (Å²) in [5.41, 5.74) is 3.87. The fourth-order valence-corrected chi connectivity index (χ4v) is 1.96. The maximum Gasteiger partial charge on any atom is 0.433 e. The molecule has 0 unspecified atom stereocenters. The SMILES string of the molecule is COc1nc(C(F)(F)F)ccc1-c1cc(N)c(Cl)c(C(=O)O)n1. The first-order valence-electron chi connectivity index (χ1n) is 5.97. The van der Waals surface area contributed by atoms with Gasteiger partial charge in [0.25, 0.3) is 0 Å². The second kappa shape index (κ2) is 5.92. The normalized spacial score (nSPS) is 11.3. The van der Waals surface area contributed by atoms with Crippen molar-refractivity contribution in [2.45, 2.75) is 6.18 Å². The maximum atomic E-state index is 12.7. The molecule has 0 bridgehead atoms. The number of carboxylic acid groups (broad SMARTS) is 1. The molecule has 0 amide bonds. The highest BCUT2D eigenvalue weighted by Gasteiger charge is 2.33. The van der Waals surface area contributed by atoms with Gasteiger partial charge >= 0.3 is 12.1 Å². The first-order valence-corrected chi connectivity index (χ1v) is 6.35. The topological polar surface area (TPSA) is 98.3 Å². The van der Waals surface area contributed by atoms with Crippen molar-refractivity contribution in [3.05, 3.63) is 34.6 Å². The molecule has 0 radical (unpaired) electrons. The number of nitrogen functional groups attached to an aromatic ring is 1. The molecule has 6 nitrogen and oxygen atoms in total. The minimum Gasteiger partial charge on any atom is -0.480 e. The van der Waals surface area contributed by atoms with Crippen molar-refractivity contribution in [3.8, 4) is 17.1 Å². The number of pyridine rings is 2. The van der Waals surface area contributed by atoms with Gasteiger partial charge in [-0.15, -0.1) is 0 Å². The van der Waals surface area contributed by atoms with Crippen LogP contribution in [0.1, 0.15) is 16.2 Å². The van der Waals surface area contributed by atoms with Gasteiger partial charge in [-0.05, 0) is 18.2 Å². The van der Waals surface area contributed by atoms with Crippen LogP contribution < -0.4 is 10.5 Å². The molecule has 122 valence electrons. The van der Waals surface area contributed by atoms with E-state index in [2.05, 4.69) is 9.97 Å². The lowest BCUT2D eigenvalue weighted by atomic mass is 10.1. The van der Waals surface area contributed by atoms with Gasteiger partial charge in [0.05, 0.1) is 29.1 Å². The van der Waals surface area contributed by atoms with Crippen molar-refractivity contribution in [2.75, 3.05) is 12.8 Å². The Labute approximate surface area is 132 Å². The predicted molar refractivity (Wildman–Crippen MR) is 75.4 cm³/mol. The van der Waals surface area contributed by atoms with Gasteiger partial charge in [-0.1, -0.05) is 11.6 Å². The zero-order chi connectivity index (χ0) is 17.4. The van der Waals surface area contributed by atoms with Crippen LogP contribution in [-0.2, 0) is 6.18 Å². The molecule has 2 aromatic rings. The summed E-state index contributed by atoms with van der Waals surface area (Å²) in [6.45, 7) is 0. The van der Waals surface area contributed by atoms with Gasteiger partial charge in [0.2, 0.25) is 5.88 Å². The number of carboxylic acids is 1. The quantitative estimate of drug-likeness (QED) is 0.885. The van der Waals surface area contributed by atoms with Crippen molar-refractivity contribution in [1.29, 1.82) is 0 Å². The molecule has 0 aliphatic rings. The number of halogens is 4. The smallest absolute Gasteiger partial charge is 0.433 e. The standard InChI is InChI=1S/C13H9ClF3N3O3/c1-23-11-5(2-3-8(20-11)13(15,16)17)7-4-6(18)9(14)10(19-7)12(21)22/h2-4H,1H3,(H2,18,19)(H,21,22). The van der Waals surface area contributed by atoms with Crippen LogP contribution in [0.4, 0.5) is 18.9 Å². The number of carbonyl (C=O) groups is 1. The minimum absolute atomic E-state index is 0.0256. The molecular weight excluding hydrogens is 339 g/mol. The Morgan fingerprint density at radius 2 is 2.00 bits per heavy atom. The van der Waals surface area contributed by atoms with Crippen LogP contribution in [0.3, 0.4) is 0 Å². The third-order valence-electron chi connectivity index (χ3n) is 2.81. The lowest BCUT2D eigenvalue weighted by Crippen LogP contribution is -2.10. The number of anilines is 1. The van der Waals surface area contributed by atoms with E-state index in [1.807, 2.05) is 0 Å². The van der Waals surface area contributed by atoms with E-state index >= 15 is 0 Å². The molecule has 0 atom stereocenters. The minimum atomic E-state index is -4.65. The number of aromatic nitrogens is 2. The Kier molecular flexibility index (Phi) is 4.33. The highest BCUT2D eigenvalue weighted by atomic mass is 35.5. The first kappa shape index (κ1) is 16.8. The van der Waals surface area contributed by atoms with E-state index in [1.54, 1.807) is 0 Å². The molecule has 10 heteroatoms. The maximum absolute atomic E-state index is 12.7. The molecule has 2 aromatic heterocycles. The first-order chi connectivity index (χ1) is 10.6. The van der Waals surface area contributed by atoms with E-state index in [-0.39, 0.29) is 27.8 Å². The fraction of sp³-hybridized carbons (Fsp3) is 0.154. The number of aromatic carboxylic acids is 1. The zero-order valence-electron chi connectivity index (χ0n) is 11.5. The van der Waals surface area contributed by atoms with Crippen LogP contribution in [-0.4, -0.2) is 28.2 Å². The Balaban J connectivity index is 2.65. The molecule has 0 saturated carbocycles. The van der Waals surface area contributed by atoms with Gasteiger partial charge in [-0.2, -0.15) is 13.2 Å². The van der Waals surface area contributed by atoms with Crippen LogP contribution in [0.15, 0.2) is 18.2 Å². The number of rotatable bonds is 3. The lowest BCUT2D eigenvalue weighted by Gasteiger charge is -2.12. The number of methoxy groups -OCH3 is 1. The van der Waals surface area contributed by atoms with Crippen LogP contribution >= 0.6 is 11.6 Å². The predicted octanol–water partition coefficient (Wildman–Crippen LogP) is 3.10. The second-order valence-electron chi connectivity index (χ2n) is 4.32. The van der Waals surface area contributed by atoms with Gasteiger partial charge in [-0.25, -0.2) is 14.8 Å². The third kappa shape index (κ3) is 3.29. The average Bonchev–Trinajstić information content (AvgIpc) is 2.48. The highest BCUT2D eigenvalue weighted by Crippen LogP contribution is 2.35. The molecule has 2 heterocycles. The second-order valence-corrected chi connectivity index (χ2v) is 4.69. The third-order valence-corrected chi connectivity index (χ3v) is 3.21. The van der Waals surface area contributed by atoms with Crippen LogP contribution in [0.5, 0.6) is 5.88 Å².